The summed E-state index contributed by atoms with van der Waals surface area (Å²) in [6, 6.07) is 6.76. The molecule has 1 atom stereocenters. The normalized spacial score (nSPS) is 18.3. The van der Waals surface area contributed by atoms with Crippen molar-refractivity contribution in [3.63, 3.8) is 0 Å². The van der Waals surface area contributed by atoms with Gasteiger partial charge in [-0.2, -0.15) is 0 Å². The number of nitro groups is 1. The lowest BCUT2D eigenvalue weighted by atomic mass is 10.1. The maximum atomic E-state index is 11.0. The van der Waals surface area contributed by atoms with Crippen LogP contribution in [0.5, 0.6) is 0 Å². The summed E-state index contributed by atoms with van der Waals surface area (Å²) in [7, 11) is 3.98. The van der Waals surface area contributed by atoms with Crippen molar-refractivity contribution in [2.45, 2.75) is 12.6 Å². The number of para-hydroxylation sites is 1. The molecule has 0 aromatic heterocycles. The lowest BCUT2D eigenvalue weighted by Gasteiger charge is -2.34. The average Bonchev–Trinajstić information content (AvgIpc) is 2.49. The second kappa shape index (κ2) is 8.35. The minimum Gasteiger partial charge on any atom is -0.390 e. The Bertz CT molecular complexity index is 518. The molecule has 0 saturated carbocycles. The van der Waals surface area contributed by atoms with Crippen LogP contribution in [0, 0.1) is 10.1 Å². The van der Waals surface area contributed by atoms with E-state index in [0.717, 1.165) is 26.2 Å². The van der Waals surface area contributed by atoms with Gasteiger partial charge in [0, 0.05) is 57.4 Å². The largest absolute Gasteiger partial charge is 0.390 e. The Morgan fingerprint density at radius 1 is 1.30 bits per heavy atom. The highest BCUT2D eigenvalue weighted by Crippen LogP contribution is 2.19. The third-order valence-electron chi connectivity index (χ3n) is 4.22. The molecule has 1 N–H and O–H groups in total. The molecule has 1 unspecified atom stereocenters. The molecule has 1 saturated heterocycles. The van der Waals surface area contributed by atoms with Crippen molar-refractivity contribution in [1.29, 1.82) is 0 Å². The quantitative estimate of drug-likeness (QED) is 0.586. The van der Waals surface area contributed by atoms with Gasteiger partial charge in [0.2, 0.25) is 0 Å². The first-order valence-corrected chi connectivity index (χ1v) is 7.95. The maximum absolute atomic E-state index is 11.0. The molecule has 0 aliphatic carbocycles. The van der Waals surface area contributed by atoms with E-state index in [1.165, 1.54) is 6.07 Å². The predicted molar refractivity (Wildman–Crippen MR) is 89.4 cm³/mol. The zero-order chi connectivity index (χ0) is 16.8. The number of nitrogens with zero attached hydrogens (tertiary/aromatic N) is 4. The summed E-state index contributed by atoms with van der Waals surface area (Å²) in [6.45, 7) is 5.60. The Kier molecular flexibility index (Phi) is 6.47. The number of rotatable bonds is 7. The summed E-state index contributed by atoms with van der Waals surface area (Å²) in [6.07, 6.45) is -0.453. The third-order valence-corrected chi connectivity index (χ3v) is 4.22. The van der Waals surface area contributed by atoms with Crippen molar-refractivity contribution >= 4 is 5.69 Å². The first-order chi connectivity index (χ1) is 11.0. The van der Waals surface area contributed by atoms with Crippen molar-refractivity contribution in [2.75, 3.05) is 53.4 Å². The molecule has 1 heterocycles. The van der Waals surface area contributed by atoms with Gasteiger partial charge in [-0.1, -0.05) is 18.2 Å². The molecule has 7 nitrogen and oxygen atoms in total. The second-order valence-electron chi connectivity index (χ2n) is 6.34. The highest BCUT2D eigenvalue weighted by Gasteiger charge is 2.19. The number of nitro benzene ring substituents is 1. The highest BCUT2D eigenvalue weighted by atomic mass is 16.6. The molecule has 0 amide bonds. The van der Waals surface area contributed by atoms with Crippen molar-refractivity contribution in [3.05, 3.63) is 39.9 Å². The molecule has 0 radical (unpaired) electrons. The summed E-state index contributed by atoms with van der Waals surface area (Å²) in [4.78, 5) is 17.2. The van der Waals surface area contributed by atoms with Crippen molar-refractivity contribution in [3.8, 4) is 0 Å². The first-order valence-electron chi connectivity index (χ1n) is 7.95. The van der Waals surface area contributed by atoms with Crippen LogP contribution in [0.2, 0.25) is 0 Å². The minimum absolute atomic E-state index is 0.132. The summed E-state index contributed by atoms with van der Waals surface area (Å²) in [5.41, 5.74) is 0.805. The Balaban J connectivity index is 1.82. The molecular formula is C16H26N4O3. The number of hydrogen-bond donors (Lipinski definition) is 1. The molecule has 1 fully saturated rings. The van der Waals surface area contributed by atoms with E-state index in [4.69, 9.17) is 0 Å². The van der Waals surface area contributed by atoms with E-state index in [2.05, 4.69) is 16.8 Å². The van der Waals surface area contributed by atoms with Crippen LogP contribution < -0.4 is 0 Å². The van der Waals surface area contributed by atoms with E-state index in [9.17, 15) is 15.2 Å². The fraction of sp³-hybridized carbons (Fsp3) is 0.625. The second-order valence-corrected chi connectivity index (χ2v) is 6.34. The molecule has 2 rings (SSSR count). The van der Waals surface area contributed by atoms with E-state index in [-0.39, 0.29) is 10.6 Å². The number of hydrogen-bond acceptors (Lipinski definition) is 6. The Morgan fingerprint density at radius 2 is 1.96 bits per heavy atom. The zero-order valence-electron chi connectivity index (χ0n) is 13.9. The van der Waals surface area contributed by atoms with E-state index >= 15 is 0 Å². The van der Waals surface area contributed by atoms with E-state index in [1.807, 2.05) is 11.9 Å². The van der Waals surface area contributed by atoms with Gasteiger partial charge in [0.25, 0.3) is 5.69 Å². The number of benzene rings is 1. The fourth-order valence-electron chi connectivity index (χ4n) is 2.92. The van der Waals surface area contributed by atoms with Crippen molar-refractivity contribution in [1.82, 2.24) is 14.7 Å². The molecule has 0 bridgehead atoms. The zero-order valence-corrected chi connectivity index (χ0v) is 13.9. The van der Waals surface area contributed by atoms with Crippen LogP contribution in [0.1, 0.15) is 5.56 Å². The molecular weight excluding hydrogens is 296 g/mol. The lowest BCUT2D eigenvalue weighted by Crippen LogP contribution is -2.48. The van der Waals surface area contributed by atoms with Gasteiger partial charge >= 0.3 is 0 Å². The third kappa shape index (κ3) is 5.54. The van der Waals surface area contributed by atoms with E-state index in [1.54, 1.807) is 18.2 Å². The summed E-state index contributed by atoms with van der Waals surface area (Å²) in [5, 5.41) is 21.3. The highest BCUT2D eigenvalue weighted by molar-refractivity contribution is 5.39. The molecule has 23 heavy (non-hydrogen) atoms. The Morgan fingerprint density at radius 3 is 2.61 bits per heavy atom. The van der Waals surface area contributed by atoms with Crippen LogP contribution in [0.3, 0.4) is 0 Å². The van der Waals surface area contributed by atoms with Crippen LogP contribution in [0.25, 0.3) is 0 Å². The monoisotopic (exact) mass is 322 g/mol. The smallest absolute Gasteiger partial charge is 0.273 e. The van der Waals surface area contributed by atoms with E-state index < -0.39 is 6.10 Å². The Labute approximate surface area is 137 Å². The average molecular weight is 322 g/mol. The van der Waals surface area contributed by atoms with Crippen LogP contribution in [0.15, 0.2) is 24.3 Å². The van der Waals surface area contributed by atoms with Gasteiger partial charge in [-0.15, -0.1) is 0 Å². The number of piperazine rings is 1. The van der Waals surface area contributed by atoms with Gasteiger partial charge in [-0.05, 0) is 14.1 Å². The molecule has 1 aliphatic rings. The molecule has 128 valence electrons. The Hall–Kier alpha value is -1.54. The minimum atomic E-state index is -0.453. The van der Waals surface area contributed by atoms with Gasteiger partial charge in [0.05, 0.1) is 11.0 Å². The lowest BCUT2D eigenvalue weighted by molar-refractivity contribution is -0.385. The fourth-order valence-corrected chi connectivity index (χ4v) is 2.92. The van der Waals surface area contributed by atoms with Crippen LogP contribution in [0.4, 0.5) is 5.69 Å². The van der Waals surface area contributed by atoms with Crippen LogP contribution in [-0.2, 0) is 6.54 Å². The molecule has 7 heteroatoms. The molecule has 0 spiro atoms. The van der Waals surface area contributed by atoms with E-state index in [0.29, 0.717) is 25.2 Å². The standard InChI is InChI=1S/C16H26N4O3/c1-17-7-9-19(10-8-17)13-15(21)12-18(2)11-14-5-3-4-6-16(14)20(22)23/h3-6,15,21H,7-13H2,1-2H3. The molecule has 1 aliphatic heterocycles. The SMILES string of the molecule is CN1CCN(CC(O)CN(C)Cc2ccccc2[N+](=O)[O-])CC1. The number of likely N-dealkylation sites (N-methyl/N-ethyl adjacent to an activating group) is 2. The van der Waals surface area contributed by atoms with Gasteiger partial charge in [-0.3, -0.25) is 19.9 Å². The van der Waals surface area contributed by atoms with Crippen molar-refractivity contribution in [2.24, 2.45) is 0 Å². The maximum Gasteiger partial charge on any atom is 0.273 e. The summed E-state index contributed by atoms with van der Waals surface area (Å²) in [5.74, 6) is 0. The van der Waals surface area contributed by atoms with Crippen molar-refractivity contribution < 1.29 is 10.0 Å². The van der Waals surface area contributed by atoms with Crippen LogP contribution in [-0.4, -0.2) is 84.2 Å². The summed E-state index contributed by atoms with van der Waals surface area (Å²) >= 11 is 0. The topological polar surface area (TPSA) is 73.1 Å². The molecule has 1 aromatic rings. The number of aliphatic hydroxyl groups excluding tert-OH is 1. The van der Waals surface area contributed by atoms with Crippen LogP contribution >= 0.6 is 0 Å². The van der Waals surface area contributed by atoms with Gasteiger partial charge in [0.1, 0.15) is 0 Å². The number of aliphatic hydroxyl groups is 1. The predicted octanol–water partition coefficient (Wildman–Crippen LogP) is 0.635. The first kappa shape index (κ1) is 17.8. The van der Waals surface area contributed by atoms with Gasteiger partial charge < -0.3 is 10.0 Å². The number of β-amino-alcohol motifs (C(OH)–C–C–N with tert-alkyl or cyclic N) is 1. The van der Waals surface area contributed by atoms with Gasteiger partial charge in [0.15, 0.2) is 0 Å². The molecule has 1 aromatic carbocycles. The van der Waals surface area contributed by atoms with Gasteiger partial charge in [-0.25, -0.2) is 0 Å². The summed E-state index contributed by atoms with van der Waals surface area (Å²) < 4.78 is 0.